The second kappa shape index (κ2) is 6.83. The molecule has 118 valence electrons. The number of nitrogens with zero attached hydrogens (tertiary/aromatic N) is 3. The molecule has 0 amide bonds. The zero-order valence-electron chi connectivity index (χ0n) is 13.3. The fraction of sp³-hybridized carbons (Fsp3) is 0.500. The number of aryl methyl sites for hydroxylation is 1. The molecule has 3 rings (SSSR count). The Morgan fingerprint density at radius 2 is 2.05 bits per heavy atom. The van der Waals surface area contributed by atoms with E-state index < -0.39 is 0 Å². The van der Waals surface area contributed by atoms with Gasteiger partial charge in [0.25, 0.3) is 0 Å². The SMILES string of the molecule is Cc1nnc(CN(C)C(C)C2CC(c3ccccc3)NN2)s1. The van der Waals surface area contributed by atoms with E-state index in [1.165, 1.54) is 5.56 Å². The Morgan fingerprint density at radius 3 is 2.73 bits per heavy atom. The van der Waals surface area contributed by atoms with Crippen molar-refractivity contribution in [2.45, 2.75) is 44.9 Å². The summed E-state index contributed by atoms with van der Waals surface area (Å²) in [5.41, 5.74) is 8.22. The fourth-order valence-corrected chi connectivity index (χ4v) is 3.64. The first-order chi connectivity index (χ1) is 10.6. The molecule has 0 bridgehead atoms. The summed E-state index contributed by atoms with van der Waals surface area (Å²) in [5.74, 6) is 0. The number of benzene rings is 1. The molecule has 22 heavy (non-hydrogen) atoms. The summed E-state index contributed by atoms with van der Waals surface area (Å²) in [7, 11) is 2.15. The molecular weight excluding hydrogens is 294 g/mol. The van der Waals surface area contributed by atoms with E-state index in [1.807, 2.05) is 6.92 Å². The van der Waals surface area contributed by atoms with Gasteiger partial charge < -0.3 is 0 Å². The minimum atomic E-state index is 0.380. The summed E-state index contributed by atoms with van der Waals surface area (Å²) >= 11 is 1.67. The lowest BCUT2D eigenvalue weighted by molar-refractivity contribution is 0.204. The first-order valence-corrected chi connectivity index (χ1v) is 8.50. The maximum atomic E-state index is 4.22. The van der Waals surface area contributed by atoms with Crippen LogP contribution < -0.4 is 10.9 Å². The Morgan fingerprint density at radius 1 is 1.27 bits per heavy atom. The van der Waals surface area contributed by atoms with Crippen molar-refractivity contribution in [1.82, 2.24) is 25.9 Å². The van der Waals surface area contributed by atoms with Crippen LogP contribution in [0.1, 0.15) is 35.0 Å². The molecule has 1 saturated heterocycles. The second-order valence-electron chi connectivity index (χ2n) is 5.96. The third-order valence-corrected chi connectivity index (χ3v) is 5.19. The Kier molecular flexibility index (Phi) is 4.83. The molecule has 3 atom stereocenters. The Bertz CT molecular complexity index is 600. The number of hydrogen-bond donors (Lipinski definition) is 2. The lowest BCUT2D eigenvalue weighted by Crippen LogP contribution is -2.45. The Balaban J connectivity index is 1.57. The van der Waals surface area contributed by atoms with Crippen LogP contribution in [0.2, 0.25) is 0 Å². The quantitative estimate of drug-likeness (QED) is 0.886. The maximum absolute atomic E-state index is 4.22. The molecule has 5 nitrogen and oxygen atoms in total. The maximum Gasteiger partial charge on any atom is 0.131 e. The number of nitrogens with one attached hydrogen (secondary N) is 2. The van der Waals surface area contributed by atoms with Crippen molar-refractivity contribution in [1.29, 1.82) is 0 Å². The van der Waals surface area contributed by atoms with Crippen LogP contribution in [0.5, 0.6) is 0 Å². The number of aromatic nitrogens is 2. The van der Waals surface area contributed by atoms with Gasteiger partial charge in [-0.2, -0.15) is 0 Å². The standard InChI is InChI=1S/C16H23N5S/c1-11(21(3)10-16-20-17-12(2)22-16)14-9-15(19-18-14)13-7-5-4-6-8-13/h4-8,11,14-15,18-19H,9-10H2,1-3H3. The van der Waals surface area contributed by atoms with Crippen molar-refractivity contribution in [3.05, 3.63) is 45.9 Å². The summed E-state index contributed by atoms with van der Waals surface area (Å²) < 4.78 is 0. The number of hydrogen-bond acceptors (Lipinski definition) is 6. The summed E-state index contributed by atoms with van der Waals surface area (Å²) in [6.07, 6.45) is 1.09. The fourth-order valence-electron chi connectivity index (χ4n) is 2.87. The first kappa shape index (κ1) is 15.6. The van der Waals surface area contributed by atoms with E-state index in [9.17, 15) is 0 Å². The van der Waals surface area contributed by atoms with E-state index in [0.29, 0.717) is 18.1 Å². The lowest BCUT2D eigenvalue weighted by Gasteiger charge is -2.28. The molecule has 1 aromatic carbocycles. The van der Waals surface area contributed by atoms with Crippen LogP contribution in [-0.2, 0) is 6.54 Å². The average Bonchev–Trinajstić information content (AvgIpc) is 3.17. The minimum Gasteiger partial charge on any atom is -0.295 e. The van der Waals surface area contributed by atoms with E-state index in [-0.39, 0.29) is 0 Å². The summed E-state index contributed by atoms with van der Waals surface area (Å²) in [6, 6.07) is 11.8. The van der Waals surface area contributed by atoms with Crippen LogP contribution in [0, 0.1) is 6.92 Å². The number of rotatable bonds is 5. The van der Waals surface area contributed by atoms with Crippen molar-refractivity contribution in [2.24, 2.45) is 0 Å². The van der Waals surface area contributed by atoms with Crippen molar-refractivity contribution in [2.75, 3.05) is 7.05 Å². The Hall–Kier alpha value is -1.34. The monoisotopic (exact) mass is 317 g/mol. The molecule has 1 fully saturated rings. The molecule has 1 aromatic heterocycles. The van der Waals surface area contributed by atoms with Gasteiger partial charge in [-0.25, -0.2) is 5.43 Å². The van der Waals surface area contributed by atoms with Crippen LogP contribution in [0.15, 0.2) is 30.3 Å². The highest BCUT2D eigenvalue weighted by atomic mass is 32.1. The highest BCUT2D eigenvalue weighted by molar-refractivity contribution is 7.11. The summed E-state index contributed by atoms with van der Waals surface area (Å²) in [5, 5.41) is 10.4. The smallest absolute Gasteiger partial charge is 0.131 e. The van der Waals surface area contributed by atoms with Gasteiger partial charge in [-0.05, 0) is 32.9 Å². The van der Waals surface area contributed by atoms with E-state index in [4.69, 9.17) is 0 Å². The molecule has 6 heteroatoms. The van der Waals surface area contributed by atoms with E-state index >= 15 is 0 Å². The van der Waals surface area contributed by atoms with Gasteiger partial charge in [0.2, 0.25) is 0 Å². The van der Waals surface area contributed by atoms with Crippen molar-refractivity contribution in [3.8, 4) is 0 Å². The van der Waals surface area contributed by atoms with Gasteiger partial charge in [-0.15, -0.1) is 21.5 Å². The average molecular weight is 317 g/mol. The van der Waals surface area contributed by atoms with Crippen LogP contribution >= 0.6 is 11.3 Å². The van der Waals surface area contributed by atoms with Crippen LogP contribution in [-0.4, -0.2) is 34.2 Å². The molecule has 2 N–H and O–H groups in total. The first-order valence-electron chi connectivity index (χ1n) is 7.68. The van der Waals surface area contributed by atoms with E-state index in [2.05, 4.69) is 70.3 Å². The topological polar surface area (TPSA) is 53.1 Å². The number of hydrazine groups is 1. The Labute approximate surface area is 135 Å². The number of likely N-dealkylation sites (N-methyl/N-ethyl adjacent to an activating group) is 1. The molecule has 1 aliphatic rings. The molecule has 0 spiro atoms. The predicted octanol–water partition coefficient (Wildman–Crippen LogP) is 2.27. The molecule has 0 aliphatic carbocycles. The van der Waals surface area contributed by atoms with Crippen LogP contribution in [0.25, 0.3) is 0 Å². The summed E-state index contributed by atoms with van der Waals surface area (Å²) in [4.78, 5) is 2.34. The van der Waals surface area contributed by atoms with Crippen LogP contribution in [0.3, 0.4) is 0 Å². The van der Waals surface area contributed by atoms with Gasteiger partial charge in [0.05, 0.1) is 6.54 Å². The van der Waals surface area contributed by atoms with Gasteiger partial charge in [0.1, 0.15) is 10.0 Å². The summed E-state index contributed by atoms with van der Waals surface area (Å²) in [6.45, 7) is 5.11. The minimum absolute atomic E-state index is 0.380. The van der Waals surface area contributed by atoms with Crippen molar-refractivity contribution >= 4 is 11.3 Å². The van der Waals surface area contributed by atoms with E-state index in [0.717, 1.165) is 23.0 Å². The molecule has 2 aromatic rings. The van der Waals surface area contributed by atoms with Crippen LogP contribution in [0.4, 0.5) is 0 Å². The van der Waals surface area contributed by atoms with Gasteiger partial charge >= 0.3 is 0 Å². The normalized spacial score (nSPS) is 23.1. The predicted molar refractivity (Wildman–Crippen MR) is 89.4 cm³/mol. The van der Waals surface area contributed by atoms with Gasteiger partial charge in [0.15, 0.2) is 0 Å². The second-order valence-corrected chi connectivity index (χ2v) is 7.23. The molecular formula is C16H23N5S. The van der Waals surface area contributed by atoms with Gasteiger partial charge in [-0.1, -0.05) is 30.3 Å². The highest BCUT2D eigenvalue weighted by Gasteiger charge is 2.30. The lowest BCUT2D eigenvalue weighted by atomic mass is 9.98. The van der Waals surface area contributed by atoms with Crippen molar-refractivity contribution in [3.63, 3.8) is 0 Å². The van der Waals surface area contributed by atoms with Crippen molar-refractivity contribution < 1.29 is 0 Å². The van der Waals surface area contributed by atoms with Gasteiger partial charge in [0, 0.05) is 18.1 Å². The molecule has 0 saturated carbocycles. The zero-order chi connectivity index (χ0) is 15.5. The van der Waals surface area contributed by atoms with E-state index in [1.54, 1.807) is 11.3 Å². The third-order valence-electron chi connectivity index (χ3n) is 4.36. The highest BCUT2D eigenvalue weighted by Crippen LogP contribution is 2.25. The largest absolute Gasteiger partial charge is 0.295 e. The molecule has 3 unspecified atom stereocenters. The molecule has 2 heterocycles. The molecule has 0 radical (unpaired) electrons. The molecule has 1 aliphatic heterocycles. The van der Waals surface area contributed by atoms with Gasteiger partial charge in [-0.3, -0.25) is 10.3 Å². The third kappa shape index (κ3) is 3.52. The zero-order valence-corrected chi connectivity index (χ0v) is 14.1.